The van der Waals surface area contributed by atoms with Crippen LogP contribution in [0.5, 0.6) is 5.75 Å². The van der Waals surface area contributed by atoms with Gasteiger partial charge in [0.15, 0.2) is 0 Å². The van der Waals surface area contributed by atoms with Crippen molar-refractivity contribution in [1.82, 2.24) is 9.97 Å². The van der Waals surface area contributed by atoms with Gasteiger partial charge in [-0.05, 0) is 13.0 Å². The van der Waals surface area contributed by atoms with Crippen LogP contribution in [-0.4, -0.2) is 23.1 Å². The summed E-state index contributed by atoms with van der Waals surface area (Å²) in [6, 6.07) is 8.09. The molecule has 3 rings (SSSR count). The molecule has 1 aliphatic heterocycles. The number of rotatable bonds is 1. The quantitative estimate of drug-likeness (QED) is 0.842. The van der Waals surface area contributed by atoms with E-state index in [2.05, 4.69) is 20.9 Å². The summed E-state index contributed by atoms with van der Waals surface area (Å²) in [7, 11) is 0. The lowest BCUT2D eigenvalue weighted by atomic mass is 10.2. The number of benzene rings is 1. The maximum atomic E-state index is 5.85. The fraction of sp³-hybridized carbons (Fsp3) is 0.286. The van der Waals surface area contributed by atoms with Crippen molar-refractivity contribution in [3.63, 3.8) is 0 Å². The van der Waals surface area contributed by atoms with Gasteiger partial charge in [-0.25, -0.2) is 9.97 Å². The number of nitrogens with zero attached hydrogens (tertiary/aromatic N) is 3. The van der Waals surface area contributed by atoms with E-state index >= 15 is 0 Å². The maximum absolute atomic E-state index is 5.85. The van der Waals surface area contributed by atoms with Crippen LogP contribution < -0.4 is 15.4 Å². The van der Waals surface area contributed by atoms with E-state index in [-0.39, 0.29) is 0 Å². The molecule has 0 atom stereocenters. The fourth-order valence-electron chi connectivity index (χ4n) is 2.28. The van der Waals surface area contributed by atoms with Gasteiger partial charge < -0.3 is 15.4 Å². The van der Waals surface area contributed by atoms with Crippen molar-refractivity contribution in [2.24, 2.45) is 0 Å². The van der Waals surface area contributed by atoms with Gasteiger partial charge in [-0.1, -0.05) is 18.2 Å². The van der Waals surface area contributed by atoms with Gasteiger partial charge in [0, 0.05) is 17.7 Å². The number of aromatic nitrogens is 2. The third-order valence-corrected chi connectivity index (χ3v) is 3.35. The number of para-hydroxylation sites is 1. The summed E-state index contributed by atoms with van der Waals surface area (Å²) in [5.41, 5.74) is 7.93. The van der Waals surface area contributed by atoms with Gasteiger partial charge in [-0.15, -0.1) is 0 Å². The highest BCUT2D eigenvalue weighted by atomic mass is 16.5. The molecule has 2 aromatic rings. The van der Waals surface area contributed by atoms with Crippen molar-refractivity contribution >= 4 is 11.6 Å². The van der Waals surface area contributed by atoms with Gasteiger partial charge in [0.25, 0.3) is 0 Å². The Morgan fingerprint density at radius 2 is 2.11 bits per heavy atom. The summed E-state index contributed by atoms with van der Waals surface area (Å²) >= 11 is 0. The number of hydrogen-bond donors (Lipinski definition) is 1. The monoisotopic (exact) mass is 256 g/mol. The third-order valence-electron chi connectivity index (χ3n) is 3.35. The maximum Gasteiger partial charge on any atom is 0.137 e. The molecule has 2 N–H and O–H groups in total. The smallest absolute Gasteiger partial charge is 0.137 e. The number of nitrogens with two attached hydrogens (primary N) is 1. The molecule has 0 fully saturated rings. The van der Waals surface area contributed by atoms with E-state index in [1.54, 1.807) is 0 Å². The second-order valence-electron chi connectivity index (χ2n) is 4.59. The Morgan fingerprint density at radius 3 is 3.00 bits per heavy atom. The van der Waals surface area contributed by atoms with Gasteiger partial charge in [-0.3, -0.25) is 0 Å². The molecule has 0 aliphatic carbocycles. The molecule has 98 valence electrons. The molecule has 0 amide bonds. The van der Waals surface area contributed by atoms with Crippen molar-refractivity contribution < 1.29 is 4.74 Å². The largest absolute Gasteiger partial charge is 0.491 e. The van der Waals surface area contributed by atoms with Crippen LogP contribution in [0.3, 0.4) is 0 Å². The van der Waals surface area contributed by atoms with Crippen molar-refractivity contribution in [2.45, 2.75) is 13.5 Å². The molecular formula is C14H16N4O. The van der Waals surface area contributed by atoms with Crippen LogP contribution in [0.15, 0.2) is 30.6 Å². The van der Waals surface area contributed by atoms with Crippen LogP contribution in [0.25, 0.3) is 0 Å². The number of nitrogen functional groups attached to an aromatic ring is 1. The number of anilines is 2. The van der Waals surface area contributed by atoms with Crippen molar-refractivity contribution in [1.29, 1.82) is 0 Å². The second kappa shape index (κ2) is 4.76. The zero-order valence-electron chi connectivity index (χ0n) is 10.8. The molecule has 19 heavy (non-hydrogen) atoms. The number of hydrogen-bond acceptors (Lipinski definition) is 5. The average molecular weight is 256 g/mol. The average Bonchev–Trinajstić information content (AvgIpc) is 2.64. The first-order valence-corrected chi connectivity index (χ1v) is 6.28. The van der Waals surface area contributed by atoms with Crippen LogP contribution in [0, 0.1) is 6.92 Å². The van der Waals surface area contributed by atoms with E-state index in [9.17, 15) is 0 Å². The SMILES string of the molecule is Cc1c(N)ncnc1N1CCOc2ccccc2C1. The lowest BCUT2D eigenvalue weighted by molar-refractivity contribution is 0.331. The summed E-state index contributed by atoms with van der Waals surface area (Å²) < 4.78 is 5.75. The predicted octanol–water partition coefficient (Wildman–Crippen LogP) is 1.77. The lowest BCUT2D eigenvalue weighted by Crippen LogP contribution is -2.27. The van der Waals surface area contributed by atoms with Crippen molar-refractivity contribution in [3.05, 3.63) is 41.7 Å². The molecule has 0 bridgehead atoms. The minimum absolute atomic E-state index is 0.531. The Hall–Kier alpha value is -2.30. The van der Waals surface area contributed by atoms with E-state index < -0.39 is 0 Å². The van der Waals surface area contributed by atoms with E-state index in [1.807, 2.05) is 25.1 Å². The Bertz CT molecular complexity index is 600. The third kappa shape index (κ3) is 2.19. The topological polar surface area (TPSA) is 64.3 Å². The van der Waals surface area contributed by atoms with E-state index in [0.717, 1.165) is 35.8 Å². The Balaban J connectivity index is 1.96. The van der Waals surface area contributed by atoms with Crippen LogP contribution >= 0.6 is 0 Å². The zero-order chi connectivity index (χ0) is 13.2. The first-order chi connectivity index (χ1) is 9.25. The highest BCUT2D eigenvalue weighted by molar-refractivity contribution is 5.56. The molecule has 1 aromatic carbocycles. The molecule has 0 radical (unpaired) electrons. The standard InChI is InChI=1S/C14H16N4O/c1-10-13(15)16-9-17-14(10)18-6-7-19-12-5-3-2-4-11(12)8-18/h2-5,9H,6-8H2,1H3,(H2,15,16,17). The van der Waals surface area contributed by atoms with Crippen LogP contribution in [0.2, 0.25) is 0 Å². The minimum Gasteiger partial charge on any atom is -0.491 e. The summed E-state index contributed by atoms with van der Waals surface area (Å²) in [4.78, 5) is 10.5. The molecule has 5 nitrogen and oxygen atoms in total. The van der Waals surface area contributed by atoms with Crippen LogP contribution in [0.1, 0.15) is 11.1 Å². The molecule has 0 spiro atoms. The van der Waals surface area contributed by atoms with Crippen LogP contribution in [0.4, 0.5) is 11.6 Å². The fourth-order valence-corrected chi connectivity index (χ4v) is 2.28. The van der Waals surface area contributed by atoms with Crippen LogP contribution in [-0.2, 0) is 6.54 Å². The molecule has 0 saturated carbocycles. The molecule has 1 aromatic heterocycles. The Morgan fingerprint density at radius 1 is 1.26 bits per heavy atom. The van der Waals surface area contributed by atoms with Crippen molar-refractivity contribution in [2.75, 3.05) is 23.8 Å². The molecule has 2 heterocycles. The number of fused-ring (bicyclic) bond motifs is 1. The van der Waals surface area contributed by atoms with Crippen molar-refractivity contribution in [3.8, 4) is 5.75 Å². The summed E-state index contributed by atoms with van der Waals surface area (Å²) in [6.45, 7) is 4.14. The molecule has 0 unspecified atom stereocenters. The summed E-state index contributed by atoms with van der Waals surface area (Å²) in [6.07, 6.45) is 1.51. The normalized spacial score (nSPS) is 14.5. The van der Waals surface area contributed by atoms with E-state index in [0.29, 0.717) is 12.4 Å². The second-order valence-corrected chi connectivity index (χ2v) is 4.59. The van der Waals surface area contributed by atoms with Gasteiger partial charge in [-0.2, -0.15) is 0 Å². The first kappa shape index (κ1) is 11.8. The van der Waals surface area contributed by atoms with E-state index in [4.69, 9.17) is 10.5 Å². The summed E-state index contributed by atoms with van der Waals surface area (Å²) in [5, 5.41) is 0. The van der Waals surface area contributed by atoms with Gasteiger partial charge in [0.1, 0.15) is 30.3 Å². The minimum atomic E-state index is 0.531. The Kier molecular flexibility index (Phi) is 2.95. The van der Waals surface area contributed by atoms with E-state index in [1.165, 1.54) is 6.33 Å². The highest BCUT2D eigenvalue weighted by Crippen LogP contribution is 2.27. The predicted molar refractivity (Wildman–Crippen MR) is 74.2 cm³/mol. The zero-order valence-corrected chi connectivity index (χ0v) is 10.8. The molecule has 1 aliphatic rings. The molecule has 0 saturated heterocycles. The highest BCUT2D eigenvalue weighted by Gasteiger charge is 2.18. The summed E-state index contributed by atoms with van der Waals surface area (Å²) in [5.74, 6) is 2.36. The Labute approximate surface area is 112 Å². The van der Waals surface area contributed by atoms with Gasteiger partial charge in [0.2, 0.25) is 0 Å². The number of ether oxygens (including phenoxy) is 1. The van der Waals surface area contributed by atoms with Gasteiger partial charge >= 0.3 is 0 Å². The van der Waals surface area contributed by atoms with Gasteiger partial charge in [0.05, 0.1) is 6.54 Å². The molecular weight excluding hydrogens is 240 g/mol. The first-order valence-electron chi connectivity index (χ1n) is 6.28. The lowest BCUT2D eigenvalue weighted by Gasteiger charge is -2.22. The molecule has 5 heteroatoms.